The van der Waals surface area contributed by atoms with Crippen LogP contribution >= 0.6 is 11.8 Å². The van der Waals surface area contributed by atoms with Crippen LogP contribution in [0, 0.1) is 0 Å². The summed E-state index contributed by atoms with van der Waals surface area (Å²) in [5.74, 6) is 1.88. The van der Waals surface area contributed by atoms with Crippen molar-refractivity contribution in [3.05, 3.63) is 11.8 Å². The first-order valence-corrected chi connectivity index (χ1v) is 9.45. The average Bonchev–Trinajstić information content (AvgIpc) is 2.69. The standard InChI is InChI=1S/C12H22N4O2S2/c1-10(2)13-8-11-9-14-15-12(11)20(17,18)16-4-3-6-19-7-5-16/h9-10,13H,3-8H2,1-2H3,(H,14,15). The predicted molar refractivity (Wildman–Crippen MR) is 81.3 cm³/mol. The highest BCUT2D eigenvalue weighted by molar-refractivity contribution is 7.99. The minimum absolute atomic E-state index is 0.234. The lowest BCUT2D eigenvalue weighted by Crippen LogP contribution is -2.34. The number of hydrogen-bond donors (Lipinski definition) is 2. The van der Waals surface area contributed by atoms with Gasteiger partial charge in [-0.2, -0.15) is 21.2 Å². The first kappa shape index (κ1) is 15.8. The zero-order valence-electron chi connectivity index (χ0n) is 11.9. The second kappa shape index (κ2) is 6.93. The van der Waals surface area contributed by atoms with Gasteiger partial charge in [-0.25, -0.2) is 8.42 Å². The molecule has 0 unspecified atom stereocenters. The summed E-state index contributed by atoms with van der Waals surface area (Å²) in [7, 11) is -3.46. The van der Waals surface area contributed by atoms with E-state index in [1.54, 1.807) is 22.3 Å². The third kappa shape index (κ3) is 3.75. The molecule has 2 rings (SSSR count). The van der Waals surface area contributed by atoms with Crippen molar-refractivity contribution < 1.29 is 8.42 Å². The first-order valence-electron chi connectivity index (χ1n) is 6.85. The molecule has 20 heavy (non-hydrogen) atoms. The molecular weight excluding hydrogens is 296 g/mol. The van der Waals surface area contributed by atoms with Crippen LogP contribution in [0.4, 0.5) is 0 Å². The van der Waals surface area contributed by atoms with Gasteiger partial charge in [0.15, 0.2) is 5.03 Å². The Morgan fingerprint density at radius 1 is 1.45 bits per heavy atom. The zero-order valence-corrected chi connectivity index (χ0v) is 13.6. The maximum Gasteiger partial charge on any atom is 0.260 e. The normalized spacial score (nSPS) is 18.4. The van der Waals surface area contributed by atoms with Crippen LogP contribution in [-0.2, 0) is 16.6 Å². The summed E-state index contributed by atoms with van der Waals surface area (Å²) in [6, 6.07) is 0.301. The summed E-state index contributed by atoms with van der Waals surface area (Å²) < 4.78 is 26.9. The van der Waals surface area contributed by atoms with Crippen molar-refractivity contribution in [2.24, 2.45) is 0 Å². The molecule has 0 saturated carbocycles. The van der Waals surface area contributed by atoms with Crippen LogP contribution in [0.25, 0.3) is 0 Å². The number of sulfonamides is 1. The molecule has 0 atom stereocenters. The summed E-state index contributed by atoms with van der Waals surface area (Å²) in [6.07, 6.45) is 2.49. The highest BCUT2D eigenvalue weighted by atomic mass is 32.2. The fourth-order valence-corrected chi connectivity index (χ4v) is 4.64. The summed E-state index contributed by atoms with van der Waals surface area (Å²) >= 11 is 1.81. The van der Waals surface area contributed by atoms with E-state index in [2.05, 4.69) is 15.5 Å². The van der Waals surface area contributed by atoms with E-state index in [9.17, 15) is 8.42 Å². The highest BCUT2D eigenvalue weighted by Gasteiger charge is 2.29. The van der Waals surface area contributed by atoms with Crippen molar-refractivity contribution >= 4 is 21.8 Å². The Labute approximate surface area is 124 Å². The molecule has 6 nitrogen and oxygen atoms in total. The summed E-state index contributed by atoms with van der Waals surface area (Å²) in [5, 5.41) is 10.0. The Balaban J connectivity index is 2.18. The fourth-order valence-electron chi connectivity index (χ4n) is 2.06. The van der Waals surface area contributed by atoms with Gasteiger partial charge in [0.05, 0.1) is 6.20 Å². The highest BCUT2D eigenvalue weighted by Crippen LogP contribution is 2.21. The van der Waals surface area contributed by atoms with E-state index in [-0.39, 0.29) is 5.03 Å². The molecule has 0 spiro atoms. The van der Waals surface area contributed by atoms with E-state index in [1.165, 1.54) is 0 Å². The van der Waals surface area contributed by atoms with Crippen LogP contribution in [0.15, 0.2) is 11.2 Å². The van der Waals surface area contributed by atoms with Gasteiger partial charge in [-0.05, 0) is 12.2 Å². The number of H-pyrrole nitrogens is 1. The van der Waals surface area contributed by atoms with Crippen LogP contribution in [0.1, 0.15) is 25.8 Å². The fraction of sp³-hybridized carbons (Fsp3) is 0.750. The Morgan fingerprint density at radius 2 is 2.25 bits per heavy atom. The van der Waals surface area contributed by atoms with Crippen LogP contribution < -0.4 is 5.32 Å². The number of nitrogens with zero attached hydrogens (tertiary/aromatic N) is 2. The second-order valence-corrected chi connectivity index (χ2v) is 8.23. The van der Waals surface area contributed by atoms with E-state index < -0.39 is 10.0 Å². The van der Waals surface area contributed by atoms with Gasteiger partial charge in [0, 0.05) is 37.0 Å². The minimum atomic E-state index is -3.46. The van der Waals surface area contributed by atoms with Crippen LogP contribution in [0.2, 0.25) is 0 Å². The minimum Gasteiger partial charge on any atom is -0.310 e. The molecule has 2 N–H and O–H groups in total. The van der Waals surface area contributed by atoms with Gasteiger partial charge in [0.2, 0.25) is 0 Å². The Bertz CT molecular complexity index is 519. The third-order valence-electron chi connectivity index (χ3n) is 3.16. The van der Waals surface area contributed by atoms with Crippen molar-refractivity contribution in [3.63, 3.8) is 0 Å². The molecule has 1 aromatic heterocycles. The van der Waals surface area contributed by atoms with Crippen molar-refractivity contribution in [1.29, 1.82) is 0 Å². The van der Waals surface area contributed by atoms with E-state index >= 15 is 0 Å². The summed E-state index contributed by atoms with van der Waals surface area (Å²) in [5.41, 5.74) is 0.704. The monoisotopic (exact) mass is 318 g/mol. The molecule has 0 aromatic carbocycles. The van der Waals surface area contributed by atoms with Gasteiger partial charge in [-0.15, -0.1) is 0 Å². The molecular formula is C12H22N4O2S2. The van der Waals surface area contributed by atoms with Crippen LogP contribution in [0.5, 0.6) is 0 Å². The third-order valence-corrected chi connectivity index (χ3v) is 6.12. The predicted octanol–water partition coefficient (Wildman–Crippen LogP) is 1.04. The topological polar surface area (TPSA) is 78.1 Å². The van der Waals surface area contributed by atoms with Gasteiger partial charge < -0.3 is 5.32 Å². The quantitative estimate of drug-likeness (QED) is 0.848. The van der Waals surface area contributed by atoms with Gasteiger partial charge in [-0.1, -0.05) is 13.8 Å². The molecule has 1 aliphatic rings. The molecule has 1 aliphatic heterocycles. The lowest BCUT2D eigenvalue weighted by molar-refractivity contribution is 0.431. The molecule has 1 aromatic rings. The molecule has 114 valence electrons. The van der Waals surface area contributed by atoms with Crippen molar-refractivity contribution in [2.75, 3.05) is 24.6 Å². The van der Waals surface area contributed by atoms with E-state index in [1.807, 2.05) is 13.8 Å². The summed E-state index contributed by atoms with van der Waals surface area (Å²) in [6.45, 7) is 5.72. The number of aromatic nitrogens is 2. The SMILES string of the molecule is CC(C)NCc1cn[nH]c1S(=O)(=O)N1CCCSCC1. The first-order chi connectivity index (χ1) is 9.51. The van der Waals surface area contributed by atoms with E-state index in [0.717, 1.165) is 17.9 Å². The molecule has 0 aliphatic carbocycles. The van der Waals surface area contributed by atoms with Gasteiger partial charge in [0.1, 0.15) is 0 Å². The Morgan fingerprint density at radius 3 is 3.00 bits per heavy atom. The van der Waals surface area contributed by atoms with Gasteiger partial charge in [0.25, 0.3) is 10.0 Å². The zero-order chi connectivity index (χ0) is 14.6. The average molecular weight is 318 g/mol. The maximum atomic E-state index is 12.7. The molecule has 8 heteroatoms. The largest absolute Gasteiger partial charge is 0.310 e. The van der Waals surface area contributed by atoms with Crippen molar-refractivity contribution in [2.45, 2.75) is 37.9 Å². The number of hydrogen-bond acceptors (Lipinski definition) is 5. The molecule has 2 heterocycles. The summed E-state index contributed by atoms with van der Waals surface area (Å²) in [4.78, 5) is 0. The maximum absolute atomic E-state index is 12.7. The van der Waals surface area contributed by atoms with Gasteiger partial charge >= 0.3 is 0 Å². The molecule has 1 fully saturated rings. The molecule has 0 bridgehead atoms. The number of aromatic amines is 1. The van der Waals surface area contributed by atoms with Crippen LogP contribution in [-0.4, -0.2) is 53.6 Å². The lowest BCUT2D eigenvalue weighted by atomic mass is 10.3. The number of rotatable bonds is 5. The van der Waals surface area contributed by atoms with Crippen molar-refractivity contribution in [3.8, 4) is 0 Å². The number of thioether (sulfide) groups is 1. The van der Waals surface area contributed by atoms with Crippen LogP contribution in [0.3, 0.4) is 0 Å². The Hall–Kier alpha value is -0.570. The van der Waals surface area contributed by atoms with E-state index in [4.69, 9.17) is 0 Å². The van der Waals surface area contributed by atoms with E-state index in [0.29, 0.717) is 31.2 Å². The number of nitrogens with one attached hydrogen (secondary N) is 2. The smallest absolute Gasteiger partial charge is 0.260 e. The molecule has 0 amide bonds. The molecule has 1 saturated heterocycles. The lowest BCUT2D eigenvalue weighted by Gasteiger charge is -2.19. The van der Waals surface area contributed by atoms with Crippen molar-refractivity contribution in [1.82, 2.24) is 19.8 Å². The molecule has 0 radical (unpaired) electrons. The Kier molecular flexibility index (Phi) is 5.48. The van der Waals surface area contributed by atoms with Gasteiger partial charge in [-0.3, -0.25) is 5.10 Å². The second-order valence-electron chi connectivity index (χ2n) is 5.13.